The van der Waals surface area contributed by atoms with Gasteiger partial charge in [0, 0.05) is 31.4 Å². The van der Waals surface area contributed by atoms with E-state index in [4.69, 9.17) is 4.74 Å². The normalized spacial score (nSPS) is 11.8. The van der Waals surface area contributed by atoms with Gasteiger partial charge in [-0.05, 0) is 23.1 Å². The Labute approximate surface area is 160 Å². The number of hydrogen-bond donors (Lipinski definition) is 2. The van der Waals surface area contributed by atoms with Crippen LogP contribution in [0.1, 0.15) is 30.9 Å². The molecule has 1 atom stereocenters. The monoisotopic (exact) mass is 369 g/mol. The van der Waals surface area contributed by atoms with Crippen molar-refractivity contribution in [1.82, 2.24) is 15.6 Å². The quantitative estimate of drug-likeness (QED) is 0.673. The van der Waals surface area contributed by atoms with Crippen LogP contribution in [0.2, 0.25) is 0 Å². The largest absolute Gasteiger partial charge is 0.362 e. The fourth-order valence-electron chi connectivity index (χ4n) is 2.70. The molecule has 27 heavy (non-hydrogen) atoms. The number of nitrogens with zero attached hydrogens (tertiary/aromatic N) is 1. The van der Waals surface area contributed by atoms with Crippen molar-refractivity contribution < 1.29 is 14.3 Å². The molecule has 1 unspecified atom stereocenters. The Bertz CT molecular complexity index is 705. The Morgan fingerprint density at radius 1 is 1.00 bits per heavy atom. The van der Waals surface area contributed by atoms with E-state index in [2.05, 4.69) is 41.6 Å². The summed E-state index contributed by atoms with van der Waals surface area (Å²) in [6.45, 7) is 4.90. The van der Waals surface area contributed by atoms with Crippen LogP contribution in [0.25, 0.3) is 0 Å². The fraction of sp³-hybridized carbons (Fsp3) is 0.381. The minimum absolute atomic E-state index is 0.139. The first-order valence-corrected chi connectivity index (χ1v) is 9.11. The van der Waals surface area contributed by atoms with Crippen molar-refractivity contribution in [3.63, 3.8) is 0 Å². The van der Waals surface area contributed by atoms with Gasteiger partial charge in [0.2, 0.25) is 11.8 Å². The zero-order chi connectivity index (χ0) is 19.5. The molecule has 0 saturated carbocycles. The van der Waals surface area contributed by atoms with Gasteiger partial charge in [-0.15, -0.1) is 0 Å². The summed E-state index contributed by atoms with van der Waals surface area (Å²) < 4.78 is 5.20. The van der Waals surface area contributed by atoms with Crippen molar-refractivity contribution >= 4 is 11.8 Å². The zero-order valence-corrected chi connectivity index (χ0v) is 15.9. The summed E-state index contributed by atoms with van der Waals surface area (Å²) >= 11 is 0. The van der Waals surface area contributed by atoms with E-state index in [0.717, 1.165) is 5.56 Å². The second-order valence-electron chi connectivity index (χ2n) is 6.70. The molecule has 0 aliphatic rings. The topological polar surface area (TPSA) is 80.3 Å². The van der Waals surface area contributed by atoms with Crippen LogP contribution in [0.3, 0.4) is 0 Å². The lowest BCUT2D eigenvalue weighted by molar-refractivity contribution is -0.131. The van der Waals surface area contributed by atoms with Crippen molar-refractivity contribution in [2.45, 2.75) is 26.3 Å². The van der Waals surface area contributed by atoms with Crippen LogP contribution in [-0.2, 0) is 20.9 Å². The molecule has 2 amide bonds. The first kappa shape index (κ1) is 20.6. The Morgan fingerprint density at radius 2 is 1.70 bits per heavy atom. The molecule has 2 N–H and O–H groups in total. The van der Waals surface area contributed by atoms with E-state index < -0.39 is 0 Å². The zero-order valence-electron chi connectivity index (χ0n) is 15.9. The molecular formula is C21H27N3O3. The molecule has 0 aliphatic heterocycles. The number of carbonyl (C=O) groups is 2. The van der Waals surface area contributed by atoms with Gasteiger partial charge in [0.05, 0.1) is 0 Å². The van der Waals surface area contributed by atoms with Crippen molar-refractivity contribution in [2.75, 3.05) is 19.8 Å². The summed E-state index contributed by atoms with van der Waals surface area (Å²) in [6.07, 6.45) is 3.36. The predicted octanol–water partition coefficient (Wildman–Crippen LogP) is 2.27. The average Bonchev–Trinajstić information content (AvgIpc) is 2.68. The number of rotatable bonds is 10. The van der Waals surface area contributed by atoms with E-state index in [1.165, 1.54) is 5.56 Å². The van der Waals surface area contributed by atoms with Crippen LogP contribution in [-0.4, -0.2) is 36.6 Å². The third-order valence-electron chi connectivity index (χ3n) is 4.23. The van der Waals surface area contributed by atoms with E-state index in [1.54, 1.807) is 12.4 Å². The molecule has 144 valence electrons. The van der Waals surface area contributed by atoms with Crippen LogP contribution in [0.4, 0.5) is 0 Å². The number of amides is 2. The van der Waals surface area contributed by atoms with Gasteiger partial charge in [-0.2, -0.15) is 0 Å². The molecule has 0 fully saturated rings. The Morgan fingerprint density at radius 3 is 2.33 bits per heavy atom. The second kappa shape index (κ2) is 11.1. The molecule has 0 radical (unpaired) electrons. The number of ether oxygens (including phenoxy) is 1. The maximum absolute atomic E-state index is 12.0. The number of nitrogens with one attached hydrogen (secondary N) is 2. The summed E-state index contributed by atoms with van der Waals surface area (Å²) in [4.78, 5) is 27.7. The molecule has 0 spiro atoms. The number of benzene rings is 1. The summed E-state index contributed by atoms with van der Waals surface area (Å²) in [7, 11) is 0. The van der Waals surface area contributed by atoms with Gasteiger partial charge in [0.25, 0.3) is 0 Å². The molecule has 1 aromatic carbocycles. The van der Waals surface area contributed by atoms with Gasteiger partial charge in [0.15, 0.2) is 0 Å². The van der Waals surface area contributed by atoms with E-state index in [1.807, 2.05) is 30.3 Å². The molecule has 0 aliphatic carbocycles. The Kier molecular flexibility index (Phi) is 8.45. The standard InChI is InChI=1S/C21H27N3O3/c1-16(2)19(18-8-4-3-5-9-18)13-24-21(26)15-27-14-20(25)23-12-17-7-6-10-22-11-17/h3-11,16,19H,12-15H2,1-2H3,(H,23,25)(H,24,26). The Balaban J connectivity index is 1.66. The van der Waals surface area contributed by atoms with Gasteiger partial charge in [0.1, 0.15) is 13.2 Å². The first-order chi connectivity index (χ1) is 13.1. The first-order valence-electron chi connectivity index (χ1n) is 9.11. The average molecular weight is 369 g/mol. The summed E-state index contributed by atoms with van der Waals surface area (Å²) in [5.41, 5.74) is 2.10. The summed E-state index contributed by atoms with van der Waals surface area (Å²) in [5.74, 6) is 0.137. The summed E-state index contributed by atoms with van der Waals surface area (Å²) in [5, 5.41) is 5.61. The van der Waals surface area contributed by atoms with Crippen molar-refractivity contribution in [2.24, 2.45) is 5.92 Å². The van der Waals surface area contributed by atoms with Crippen molar-refractivity contribution in [3.05, 3.63) is 66.0 Å². The molecule has 2 rings (SSSR count). The van der Waals surface area contributed by atoms with Crippen molar-refractivity contribution in [1.29, 1.82) is 0 Å². The third kappa shape index (κ3) is 7.58. The highest BCUT2D eigenvalue weighted by Gasteiger charge is 2.16. The molecule has 0 bridgehead atoms. The SMILES string of the molecule is CC(C)C(CNC(=O)COCC(=O)NCc1cccnc1)c1ccccc1. The van der Waals surface area contributed by atoms with Gasteiger partial charge in [-0.3, -0.25) is 14.6 Å². The van der Waals surface area contributed by atoms with Crippen LogP contribution in [0.15, 0.2) is 54.9 Å². The lowest BCUT2D eigenvalue weighted by Crippen LogP contribution is -2.34. The van der Waals surface area contributed by atoms with E-state index in [0.29, 0.717) is 19.0 Å². The molecule has 1 heterocycles. The van der Waals surface area contributed by atoms with E-state index in [9.17, 15) is 9.59 Å². The number of pyridine rings is 1. The number of aromatic nitrogens is 1. The maximum atomic E-state index is 12.0. The third-order valence-corrected chi connectivity index (χ3v) is 4.23. The smallest absolute Gasteiger partial charge is 0.246 e. The van der Waals surface area contributed by atoms with E-state index >= 15 is 0 Å². The predicted molar refractivity (Wildman–Crippen MR) is 104 cm³/mol. The molecule has 0 saturated heterocycles. The molecule has 6 heteroatoms. The van der Waals surface area contributed by atoms with Crippen LogP contribution in [0.5, 0.6) is 0 Å². The number of hydrogen-bond acceptors (Lipinski definition) is 4. The van der Waals surface area contributed by atoms with Crippen LogP contribution >= 0.6 is 0 Å². The highest BCUT2D eigenvalue weighted by molar-refractivity contribution is 5.79. The Hall–Kier alpha value is -2.73. The second-order valence-corrected chi connectivity index (χ2v) is 6.70. The lowest BCUT2D eigenvalue weighted by Gasteiger charge is -2.21. The molecule has 1 aromatic heterocycles. The van der Waals surface area contributed by atoms with Gasteiger partial charge in [-0.1, -0.05) is 50.2 Å². The van der Waals surface area contributed by atoms with Crippen molar-refractivity contribution in [3.8, 4) is 0 Å². The maximum Gasteiger partial charge on any atom is 0.246 e. The number of carbonyl (C=O) groups excluding carboxylic acids is 2. The van der Waals surface area contributed by atoms with Gasteiger partial charge < -0.3 is 15.4 Å². The molecule has 2 aromatic rings. The van der Waals surface area contributed by atoms with Gasteiger partial charge in [-0.25, -0.2) is 0 Å². The van der Waals surface area contributed by atoms with Crippen LogP contribution in [0, 0.1) is 5.92 Å². The van der Waals surface area contributed by atoms with Gasteiger partial charge >= 0.3 is 0 Å². The van der Waals surface area contributed by atoms with Crippen LogP contribution < -0.4 is 10.6 Å². The highest BCUT2D eigenvalue weighted by atomic mass is 16.5. The lowest BCUT2D eigenvalue weighted by atomic mass is 9.88. The molecule has 6 nitrogen and oxygen atoms in total. The highest BCUT2D eigenvalue weighted by Crippen LogP contribution is 2.23. The molecular weight excluding hydrogens is 342 g/mol. The summed E-state index contributed by atoms with van der Waals surface area (Å²) in [6, 6.07) is 13.8. The minimum Gasteiger partial charge on any atom is -0.362 e. The van der Waals surface area contributed by atoms with E-state index in [-0.39, 0.29) is 30.9 Å². The fourth-order valence-corrected chi connectivity index (χ4v) is 2.70. The minimum atomic E-state index is -0.268.